The van der Waals surface area contributed by atoms with E-state index in [1.807, 2.05) is 0 Å². The van der Waals surface area contributed by atoms with Gasteiger partial charge in [-0.05, 0) is 36.0 Å². The van der Waals surface area contributed by atoms with Gasteiger partial charge >= 0.3 is 6.18 Å². The molecule has 2 N–H and O–H groups in total. The molecule has 0 atom stereocenters. The number of hydrogen-bond acceptors (Lipinski definition) is 1. The second-order valence-electron chi connectivity index (χ2n) is 3.70. The highest BCUT2D eigenvalue weighted by atomic mass is 32.1. The Hall–Kier alpha value is -1.63. The highest BCUT2D eigenvalue weighted by Gasteiger charge is 2.31. The molecule has 0 saturated carbocycles. The second-order valence-corrected chi connectivity index (χ2v) is 4.11. The summed E-state index contributed by atoms with van der Waals surface area (Å²) in [5, 5.41) is 5.69. The Bertz CT molecular complexity index is 471. The molecule has 1 aromatic rings. The lowest BCUT2D eigenvalue weighted by Crippen LogP contribution is -2.34. The predicted octanol–water partition coefficient (Wildman–Crippen LogP) is 2.99. The molecule has 0 aliphatic heterocycles. The predicted molar refractivity (Wildman–Crippen MR) is 69.0 cm³/mol. The summed E-state index contributed by atoms with van der Waals surface area (Å²) in [7, 11) is 0. The molecule has 0 saturated heterocycles. The van der Waals surface area contributed by atoms with E-state index in [4.69, 9.17) is 12.2 Å². The Labute approximate surface area is 113 Å². The van der Waals surface area contributed by atoms with Crippen LogP contribution in [0.1, 0.15) is 11.1 Å². The highest BCUT2D eigenvalue weighted by molar-refractivity contribution is 7.80. The summed E-state index contributed by atoms with van der Waals surface area (Å²) in [6, 6.07) is 2.36. The molecule has 0 radical (unpaired) electrons. The lowest BCUT2D eigenvalue weighted by molar-refractivity contribution is -0.137. The van der Waals surface area contributed by atoms with Gasteiger partial charge in [0.05, 0.1) is 5.56 Å². The lowest BCUT2D eigenvalue weighted by Gasteiger charge is -2.11. The molecule has 0 fully saturated rings. The first-order chi connectivity index (χ1) is 8.82. The van der Waals surface area contributed by atoms with Gasteiger partial charge in [0, 0.05) is 13.1 Å². The quantitative estimate of drug-likeness (QED) is 0.507. The van der Waals surface area contributed by atoms with E-state index in [-0.39, 0.29) is 17.2 Å². The summed E-state index contributed by atoms with van der Waals surface area (Å²) in [5.41, 5.74) is -0.857. The molecule has 0 aliphatic rings. The van der Waals surface area contributed by atoms with Gasteiger partial charge in [0.15, 0.2) is 5.11 Å². The molecule has 0 bridgehead atoms. The number of halogens is 4. The Morgan fingerprint density at radius 3 is 2.53 bits per heavy atom. The van der Waals surface area contributed by atoms with Gasteiger partial charge in [0.1, 0.15) is 5.82 Å². The minimum atomic E-state index is -4.57. The first-order valence-electron chi connectivity index (χ1n) is 5.32. The van der Waals surface area contributed by atoms with Crippen LogP contribution in [0.25, 0.3) is 0 Å². The van der Waals surface area contributed by atoms with Crippen LogP contribution in [0.2, 0.25) is 0 Å². The topological polar surface area (TPSA) is 24.1 Å². The van der Waals surface area contributed by atoms with E-state index in [1.54, 1.807) is 6.08 Å². The molecule has 2 nitrogen and oxygen atoms in total. The van der Waals surface area contributed by atoms with Crippen LogP contribution < -0.4 is 10.6 Å². The van der Waals surface area contributed by atoms with Crippen molar-refractivity contribution >= 4 is 17.3 Å². The van der Waals surface area contributed by atoms with Crippen molar-refractivity contribution in [2.24, 2.45) is 0 Å². The third-order valence-electron chi connectivity index (χ3n) is 2.14. The van der Waals surface area contributed by atoms with Gasteiger partial charge in [-0.2, -0.15) is 13.2 Å². The molecular weight excluding hydrogens is 280 g/mol. The van der Waals surface area contributed by atoms with Crippen LogP contribution >= 0.6 is 12.2 Å². The van der Waals surface area contributed by atoms with E-state index in [9.17, 15) is 17.6 Å². The van der Waals surface area contributed by atoms with Gasteiger partial charge in [0.25, 0.3) is 0 Å². The summed E-state index contributed by atoms with van der Waals surface area (Å²) in [4.78, 5) is 0. The maximum atomic E-state index is 13.1. The van der Waals surface area contributed by atoms with Crippen LogP contribution in [0.3, 0.4) is 0 Å². The van der Waals surface area contributed by atoms with Crippen molar-refractivity contribution in [2.75, 3.05) is 6.54 Å². The molecule has 0 heterocycles. The zero-order valence-electron chi connectivity index (χ0n) is 9.85. The normalized spacial score (nSPS) is 10.9. The lowest BCUT2D eigenvalue weighted by atomic mass is 10.1. The summed E-state index contributed by atoms with van der Waals surface area (Å²) in [5.74, 6) is -0.934. The smallest absolute Gasteiger partial charge is 0.359 e. The van der Waals surface area contributed by atoms with E-state index in [0.29, 0.717) is 12.6 Å². The fourth-order valence-corrected chi connectivity index (χ4v) is 1.48. The van der Waals surface area contributed by atoms with Gasteiger partial charge in [-0.25, -0.2) is 4.39 Å². The number of rotatable bonds is 4. The van der Waals surface area contributed by atoms with E-state index in [2.05, 4.69) is 17.2 Å². The van der Waals surface area contributed by atoms with Gasteiger partial charge in [-0.3, -0.25) is 0 Å². The van der Waals surface area contributed by atoms with Crippen molar-refractivity contribution in [3.05, 3.63) is 47.8 Å². The van der Waals surface area contributed by atoms with Crippen LogP contribution in [0.15, 0.2) is 30.9 Å². The van der Waals surface area contributed by atoms with Gasteiger partial charge < -0.3 is 10.6 Å². The maximum absolute atomic E-state index is 13.1. The number of hydrogen-bond donors (Lipinski definition) is 2. The highest BCUT2D eigenvalue weighted by Crippen LogP contribution is 2.30. The Balaban J connectivity index is 2.71. The number of thiocarbonyl (C=S) groups is 1. The van der Waals surface area contributed by atoms with Crippen LogP contribution in [0.4, 0.5) is 17.6 Å². The average molecular weight is 292 g/mol. The fourth-order valence-electron chi connectivity index (χ4n) is 1.33. The molecule has 0 spiro atoms. The molecule has 1 rings (SSSR count). The summed E-state index contributed by atoms with van der Waals surface area (Å²) < 4.78 is 50.5. The third-order valence-corrected chi connectivity index (χ3v) is 2.43. The molecule has 7 heteroatoms. The zero-order chi connectivity index (χ0) is 14.5. The molecule has 0 amide bonds. The fraction of sp³-hybridized carbons (Fsp3) is 0.250. The van der Waals surface area contributed by atoms with Crippen LogP contribution in [0.5, 0.6) is 0 Å². The van der Waals surface area contributed by atoms with Crippen molar-refractivity contribution < 1.29 is 17.6 Å². The summed E-state index contributed by atoms with van der Waals surface area (Å²) in [6.45, 7) is 3.91. The van der Waals surface area contributed by atoms with Crippen molar-refractivity contribution in [2.45, 2.75) is 12.7 Å². The first-order valence-corrected chi connectivity index (χ1v) is 5.73. The molecule has 0 unspecified atom stereocenters. The number of benzene rings is 1. The van der Waals surface area contributed by atoms with E-state index >= 15 is 0 Å². The van der Waals surface area contributed by atoms with Crippen LogP contribution in [-0.2, 0) is 12.7 Å². The van der Waals surface area contributed by atoms with Crippen LogP contribution in [0, 0.1) is 5.82 Å². The zero-order valence-corrected chi connectivity index (χ0v) is 10.7. The molecule has 0 aliphatic carbocycles. The summed E-state index contributed by atoms with van der Waals surface area (Å²) in [6.07, 6.45) is -2.99. The first kappa shape index (κ1) is 15.4. The molecule has 0 aromatic heterocycles. The molecule has 19 heavy (non-hydrogen) atoms. The summed E-state index contributed by atoms with van der Waals surface area (Å²) >= 11 is 4.87. The molecule has 104 valence electrons. The van der Waals surface area contributed by atoms with Crippen LogP contribution in [-0.4, -0.2) is 11.7 Å². The number of alkyl halides is 3. The standard InChI is InChI=1S/C12H12F4N2S/c1-2-3-17-11(19)18-7-8-4-9(12(14,15)16)6-10(13)5-8/h2,4-6H,1,3,7H2,(H2,17,18,19). The third kappa shape index (κ3) is 5.25. The van der Waals surface area contributed by atoms with E-state index in [0.717, 1.165) is 12.1 Å². The minimum absolute atomic E-state index is 0.00379. The second kappa shape index (κ2) is 6.51. The molecular formula is C12H12F4N2S. The average Bonchev–Trinajstić information content (AvgIpc) is 2.32. The number of nitrogens with one attached hydrogen (secondary N) is 2. The molecule has 1 aromatic carbocycles. The van der Waals surface area contributed by atoms with Gasteiger partial charge in [0.2, 0.25) is 0 Å². The van der Waals surface area contributed by atoms with E-state index in [1.165, 1.54) is 0 Å². The maximum Gasteiger partial charge on any atom is 0.416 e. The van der Waals surface area contributed by atoms with Crippen molar-refractivity contribution in [1.82, 2.24) is 10.6 Å². The minimum Gasteiger partial charge on any atom is -0.359 e. The van der Waals surface area contributed by atoms with Crippen molar-refractivity contribution in [1.29, 1.82) is 0 Å². The van der Waals surface area contributed by atoms with Gasteiger partial charge in [-0.1, -0.05) is 6.08 Å². The Morgan fingerprint density at radius 2 is 1.95 bits per heavy atom. The Morgan fingerprint density at radius 1 is 1.26 bits per heavy atom. The SMILES string of the molecule is C=CCNC(=S)NCc1cc(F)cc(C(F)(F)F)c1. The monoisotopic (exact) mass is 292 g/mol. The van der Waals surface area contributed by atoms with Crippen molar-refractivity contribution in [3.8, 4) is 0 Å². The largest absolute Gasteiger partial charge is 0.416 e. The van der Waals surface area contributed by atoms with Crippen molar-refractivity contribution in [3.63, 3.8) is 0 Å². The van der Waals surface area contributed by atoms with E-state index < -0.39 is 17.6 Å². The Kier molecular flexibility index (Phi) is 5.29. The van der Waals surface area contributed by atoms with Gasteiger partial charge in [-0.15, -0.1) is 6.58 Å².